The first kappa shape index (κ1) is 12.6. The molecule has 1 aromatic carbocycles. The number of pyridine rings is 1. The number of nitrogens with two attached hydrogens (primary N) is 1. The Morgan fingerprint density at radius 1 is 1.33 bits per heavy atom. The van der Waals surface area contributed by atoms with Gasteiger partial charge in [-0.3, -0.25) is 4.98 Å². The van der Waals surface area contributed by atoms with Crippen LogP contribution in [0, 0.1) is 0 Å². The Kier molecular flexibility index (Phi) is 3.39. The minimum Gasteiger partial charge on any atom is -0.397 e. The third kappa shape index (κ3) is 2.54. The van der Waals surface area contributed by atoms with E-state index < -0.39 is 0 Å². The summed E-state index contributed by atoms with van der Waals surface area (Å²) in [4.78, 5) is 4.30. The molecule has 1 heterocycles. The third-order valence-corrected chi connectivity index (χ3v) is 3.01. The van der Waals surface area contributed by atoms with E-state index in [0.717, 1.165) is 16.6 Å². The lowest BCUT2D eigenvalue weighted by atomic mass is 10.00. The highest BCUT2D eigenvalue weighted by Crippen LogP contribution is 2.29. The summed E-state index contributed by atoms with van der Waals surface area (Å²) in [5, 5.41) is 13.5. The molecule has 0 radical (unpaired) electrons. The van der Waals surface area contributed by atoms with E-state index in [0.29, 0.717) is 12.1 Å². The second kappa shape index (κ2) is 4.82. The lowest BCUT2D eigenvalue weighted by Crippen LogP contribution is -2.32. The number of anilines is 2. The Morgan fingerprint density at radius 3 is 2.83 bits per heavy atom. The predicted molar refractivity (Wildman–Crippen MR) is 75.6 cm³/mol. The van der Waals surface area contributed by atoms with Crippen molar-refractivity contribution in [3.8, 4) is 0 Å². The molecule has 0 saturated carbocycles. The van der Waals surface area contributed by atoms with Crippen molar-refractivity contribution < 1.29 is 5.11 Å². The Bertz CT molecular complexity index is 552. The maximum absolute atomic E-state index is 9.06. The van der Waals surface area contributed by atoms with Gasteiger partial charge >= 0.3 is 0 Å². The van der Waals surface area contributed by atoms with E-state index in [1.807, 2.05) is 24.3 Å². The molecule has 2 rings (SSSR count). The second-order valence-corrected chi connectivity index (χ2v) is 5.08. The molecule has 0 saturated heterocycles. The molecular weight excluding hydrogens is 226 g/mol. The third-order valence-electron chi connectivity index (χ3n) is 3.01. The number of fused-ring (bicyclic) bond motifs is 1. The Labute approximate surface area is 107 Å². The van der Waals surface area contributed by atoms with Crippen LogP contribution in [0.25, 0.3) is 10.9 Å². The van der Waals surface area contributed by atoms with Gasteiger partial charge in [0.2, 0.25) is 0 Å². The van der Waals surface area contributed by atoms with Gasteiger partial charge in [0.05, 0.1) is 11.2 Å². The smallest absolute Gasteiger partial charge is 0.0951 e. The number of nitrogens with one attached hydrogen (secondary N) is 1. The Hall–Kier alpha value is -1.81. The molecule has 2 aromatic rings. The number of nitrogen functional groups attached to an aromatic ring is 1. The van der Waals surface area contributed by atoms with E-state index in [2.05, 4.69) is 24.1 Å². The second-order valence-electron chi connectivity index (χ2n) is 5.08. The van der Waals surface area contributed by atoms with Gasteiger partial charge in [-0.15, -0.1) is 0 Å². The maximum atomic E-state index is 9.06. The highest BCUT2D eigenvalue weighted by Gasteiger charge is 2.18. The molecule has 0 bridgehead atoms. The molecule has 0 fully saturated rings. The van der Waals surface area contributed by atoms with E-state index in [9.17, 15) is 0 Å². The van der Waals surface area contributed by atoms with Crippen LogP contribution < -0.4 is 11.1 Å². The zero-order chi connectivity index (χ0) is 13.2. The fourth-order valence-electron chi connectivity index (χ4n) is 2.01. The van der Waals surface area contributed by atoms with Gasteiger partial charge in [-0.25, -0.2) is 0 Å². The summed E-state index contributed by atoms with van der Waals surface area (Å²) in [6.45, 7) is 4.27. The molecule has 4 heteroatoms. The lowest BCUT2D eigenvalue weighted by Gasteiger charge is -2.27. The van der Waals surface area contributed by atoms with E-state index in [1.165, 1.54) is 0 Å². The fraction of sp³-hybridized carbons (Fsp3) is 0.357. The van der Waals surface area contributed by atoms with Crippen LogP contribution in [-0.2, 0) is 0 Å². The average molecular weight is 245 g/mol. The van der Waals surface area contributed by atoms with Crippen LogP contribution >= 0.6 is 0 Å². The van der Waals surface area contributed by atoms with Crippen molar-refractivity contribution in [3.05, 3.63) is 30.5 Å². The molecule has 0 aliphatic heterocycles. The fourth-order valence-corrected chi connectivity index (χ4v) is 2.01. The standard InChI is InChI=1S/C14H19N3O/c1-14(2,7-9-18)17-12-6-5-11(15)13-10(12)4-3-8-16-13/h3-6,8,17-18H,7,9,15H2,1-2H3. The lowest BCUT2D eigenvalue weighted by molar-refractivity contribution is 0.261. The zero-order valence-electron chi connectivity index (χ0n) is 10.8. The van der Waals surface area contributed by atoms with Crippen LogP contribution in [-0.4, -0.2) is 22.2 Å². The summed E-state index contributed by atoms with van der Waals surface area (Å²) < 4.78 is 0. The minimum atomic E-state index is -0.173. The van der Waals surface area contributed by atoms with Crippen LogP contribution in [0.3, 0.4) is 0 Å². The van der Waals surface area contributed by atoms with Gasteiger partial charge in [0.15, 0.2) is 0 Å². The molecule has 0 unspecified atom stereocenters. The molecule has 1 aromatic heterocycles. The number of hydrogen-bond donors (Lipinski definition) is 3. The number of aliphatic hydroxyl groups is 1. The van der Waals surface area contributed by atoms with E-state index >= 15 is 0 Å². The number of aliphatic hydroxyl groups excluding tert-OH is 1. The summed E-state index contributed by atoms with van der Waals surface area (Å²) in [5.74, 6) is 0. The van der Waals surface area contributed by atoms with Crippen LogP contribution in [0.5, 0.6) is 0 Å². The first-order valence-corrected chi connectivity index (χ1v) is 6.06. The molecule has 0 aliphatic carbocycles. The molecule has 0 amide bonds. The first-order chi connectivity index (χ1) is 8.53. The van der Waals surface area contributed by atoms with Crippen molar-refractivity contribution in [2.24, 2.45) is 0 Å². The number of aromatic nitrogens is 1. The molecule has 96 valence electrons. The van der Waals surface area contributed by atoms with E-state index in [-0.39, 0.29) is 12.1 Å². The van der Waals surface area contributed by atoms with Gasteiger partial charge in [-0.2, -0.15) is 0 Å². The van der Waals surface area contributed by atoms with Crippen molar-refractivity contribution in [2.45, 2.75) is 25.8 Å². The molecule has 0 aliphatic rings. The summed E-state index contributed by atoms with van der Waals surface area (Å²) in [7, 11) is 0. The number of benzene rings is 1. The largest absolute Gasteiger partial charge is 0.397 e. The predicted octanol–water partition coefficient (Wildman–Crippen LogP) is 2.39. The number of nitrogens with zero attached hydrogens (tertiary/aromatic N) is 1. The maximum Gasteiger partial charge on any atom is 0.0951 e. The van der Waals surface area contributed by atoms with Gasteiger partial charge in [-0.05, 0) is 44.5 Å². The van der Waals surface area contributed by atoms with Crippen LogP contribution in [0.4, 0.5) is 11.4 Å². The van der Waals surface area contributed by atoms with Gasteiger partial charge < -0.3 is 16.2 Å². The molecule has 4 N–H and O–H groups in total. The number of rotatable bonds is 4. The molecule has 0 atom stereocenters. The van der Waals surface area contributed by atoms with Gasteiger partial charge in [0, 0.05) is 29.4 Å². The minimum absolute atomic E-state index is 0.158. The van der Waals surface area contributed by atoms with Gasteiger partial charge in [0.25, 0.3) is 0 Å². The first-order valence-electron chi connectivity index (χ1n) is 6.06. The highest BCUT2D eigenvalue weighted by atomic mass is 16.3. The van der Waals surface area contributed by atoms with Crippen LogP contribution in [0.15, 0.2) is 30.5 Å². The molecule has 18 heavy (non-hydrogen) atoms. The monoisotopic (exact) mass is 245 g/mol. The summed E-state index contributed by atoms with van der Waals surface area (Å²) in [5.41, 5.74) is 8.22. The van der Waals surface area contributed by atoms with Crippen molar-refractivity contribution in [1.82, 2.24) is 4.98 Å². The molecule has 4 nitrogen and oxygen atoms in total. The van der Waals surface area contributed by atoms with Crippen molar-refractivity contribution in [3.63, 3.8) is 0 Å². The van der Waals surface area contributed by atoms with E-state index in [1.54, 1.807) is 6.20 Å². The van der Waals surface area contributed by atoms with Crippen LogP contribution in [0.2, 0.25) is 0 Å². The van der Waals surface area contributed by atoms with Gasteiger partial charge in [0.1, 0.15) is 0 Å². The average Bonchev–Trinajstić information content (AvgIpc) is 2.33. The molecular formula is C14H19N3O. The van der Waals surface area contributed by atoms with Crippen molar-refractivity contribution >= 4 is 22.3 Å². The Morgan fingerprint density at radius 2 is 2.11 bits per heavy atom. The van der Waals surface area contributed by atoms with E-state index in [4.69, 9.17) is 10.8 Å². The SMILES string of the molecule is CC(C)(CCO)Nc1ccc(N)c2ncccc12. The summed E-state index contributed by atoms with van der Waals surface area (Å²) in [6, 6.07) is 7.70. The van der Waals surface area contributed by atoms with Crippen molar-refractivity contribution in [2.75, 3.05) is 17.7 Å². The van der Waals surface area contributed by atoms with Crippen molar-refractivity contribution in [1.29, 1.82) is 0 Å². The van der Waals surface area contributed by atoms with Gasteiger partial charge in [-0.1, -0.05) is 0 Å². The summed E-state index contributed by atoms with van der Waals surface area (Å²) in [6.07, 6.45) is 2.42. The quantitative estimate of drug-likeness (QED) is 0.723. The van der Waals surface area contributed by atoms with Crippen LogP contribution in [0.1, 0.15) is 20.3 Å². The zero-order valence-corrected chi connectivity index (χ0v) is 10.8. The topological polar surface area (TPSA) is 71.2 Å². The normalized spacial score (nSPS) is 11.7. The number of hydrogen-bond acceptors (Lipinski definition) is 4. The molecule has 0 spiro atoms. The highest BCUT2D eigenvalue weighted by molar-refractivity contribution is 5.98. The Balaban J connectivity index is 2.43. The summed E-state index contributed by atoms with van der Waals surface area (Å²) >= 11 is 0.